The van der Waals surface area contributed by atoms with Crippen LogP contribution in [-0.4, -0.2) is 29.0 Å². The van der Waals surface area contributed by atoms with Gasteiger partial charge in [0.15, 0.2) is 0 Å². The van der Waals surface area contributed by atoms with Gasteiger partial charge < -0.3 is 9.84 Å². The second kappa shape index (κ2) is 10.2. The van der Waals surface area contributed by atoms with Gasteiger partial charge >= 0.3 is 5.97 Å². The van der Waals surface area contributed by atoms with Gasteiger partial charge in [-0.3, -0.25) is 4.79 Å². The van der Waals surface area contributed by atoms with Crippen LogP contribution in [0.15, 0.2) is 42.5 Å². The number of thioether (sulfide) groups is 1. The Hall–Kier alpha value is -1.26. The van der Waals surface area contributed by atoms with E-state index in [1.165, 1.54) is 30.6 Å². The van der Waals surface area contributed by atoms with Crippen molar-refractivity contribution in [2.75, 3.05) is 5.75 Å². The molecule has 2 fully saturated rings. The SMILES string of the molecule is O=C(O)CCCC=CC[C@@H]1[C@@H](CCSCc2ccccc2)[C@@H]2CC[C@H]1O2. The summed E-state index contributed by atoms with van der Waals surface area (Å²) in [6.07, 6.45) is 12.0. The highest BCUT2D eigenvalue weighted by molar-refractivity contribution is 7.98. The first-order chi connectivity index (χ1) is 12.7. The first-order valence-corrected chi connectivity index (χ1v) is 11.0. The summed E-state index contributed by atoms with van der Waals surface area (Å²) in [6, 6.07) is 10.7. The van der Waals surface area contributed by atoms with Crippen molar-refractivity contribution in [3.8, 4) is 0 Å². The van der Waals surface area contributed by atoms with Crippen molar-refractivity contribution in [3.05, 3.63) is 48.0 Å². The fourth-order valence-corrected chi connectivity index (χ4v) is 5.33. The predicted octanol–water partition coefficient (Wildman–Crippen LogP) is 5.30. The van der Waals surface area contributed by atoms with Crippen LogP contribution in [0.1, 0.15) is 50.5 Å². The largest absolute Gasteiger partial charge is 0.481 e. The molecule has 1 aromatic carbocycles. The number of carbonyl (C=O) groups is 1. The van der Waals surface area contributed by atoms with Crippen molar-refractivity contribution in [3.63, 3.8) is 0 Å². The number of rotatable bonds is 11. The summed E-state index contributed by atoms with van der Waals surface area (Å²) in [5.74, 6) is 2.94. The standard InChI is InChI=1S/C22H30O3S/c23-22(24)11-7-2-1-6-10-18-19(21-13-12-20(18)25-21)14-15-26-16-17-8-4-3-5-9-17/h1,3-6,8-9,18-21H,2,7,10-16H2,(H,23,24)/t18-,19-,20-,21+/m1/s1. The molecule has 0 unspecified atom stereocenters. The quantitative estimate of drug-likeness (QED) is 0.421. The summed E-state index contributed by atoms with van der Waals surface area (Å²) in [7, 11) is 0. The van der Waals surface area contributed by atoms with E-state index in [-0.39, 0.29) is 6.42 Å². The first kappa shape index (κ1) is 19.5. The van der Waals surface area contributed by atoms with E-state index in [2.05, 4.69) is 42.5 Å². The molecule has 0 radical (unpaired) electrons. The molecule has 2 aliphatic rings. The second-order valence-corrected chi connectivity index (χ2v) is 8.54. The molecule has 4 heteroatoms. The third-order valence-electron chi connectivity index (χ3n) is 5.63. The van der Waals surface area contributed by atoms with Crippen LogP contribution in [0.4, 0.5) is 0 Å². The monoisotopic (exact) mass is 374 g/mol. The number of fused-ring (bicyclic) bond motifs is 2. The first-order valence-electron chi connectivity index (χ1n) is 9.88. The maximum Gasteiger partial charge on any atom is 0.303 e. The molecule has 2 aliphatic heterocycles. The highest BCUT2D eigenvalue weighted by Crippen LogP contribution is 2.47. The van der Waals surface area contributed by atoms with Crippen LogP contribution in [0.25, 0.3) is 0 Å². The van der Waals surface area contributed by atoms with E-state index >= 15 is 0 Å². The highest BCUT2D eigenvalue weighted by Gasteiger charge is 2.47. The third kappa shape index (κ3) is 5.62. The zero-order valence-electron chi connectivity index (χ0n) is 15.4. The lowest BCUT2D eigenvalue weighted by Gasteiger charge is -2.27. The number of hydrogen-bond acceptors (Lipinski definition) is 3. The minimum atomic E-state index is -0.701. The van der Waals surface area contributed by atoms with Crippen molar-refractivity contribution in [2.45, 2.75) is 62.9 Å². The Morgan fingerprint density at radius 2 is 1.92 bits per heavy atom. The number of hydrogen-bond donors (Lipinski definition) is 1. The zero-order chi connectivity index (χ0) is 18.2. The van der Waals surface area contributed by atoms with E-state index in [0.29, 0.717) is 24.0 Å². The van der Waals surface area contributed by atoms with Crippen molar-refractivity contribution < 1.29 is 14.6 Å². The molecular formula is C22H30O3S. The molecule has 0 saturated carbocycles. The number of ether oxygens (including phenoxy) is 1. The van der Waals surface area contributed by atoms with Crippen molar-refractivity contribution >= 4 is 17.7 Å². The van der Waals surface area contributed by atoms with Crippen LogP contribution in [0.2, 0.25) is 0 Å². The second-order valence-electron chi connectivity index (χ2n) is 7.44. The fourth-order valence-electron chi connectivity index (χ4n) is 4.32. The molecule has 2 bridgehead atoms. The Morgan fingerprint density at radius 3 is 2.69 bits per heavy atom. The summed E-state index contributed by atoms with van der Waals surface area (Å²) < 4.78 is 6.20. The maximum atomic E-state index is 10.5. The summed E-state index contributed by atoms with van der Waals surface area (Å²) in [5.41, 5.74) is 1.41. The fraction of sp³-hybridized carbons (Fsp3) is 0.591. The predicted molar refractivity (Wildman–Crippen MR) is 107 cm³/mol. The maximum absolute atomic E-state index is 10.5. The van der Waals surface area contributed by atoms with Gasteiger partial charge in [0, 0.05) is 12.2 Å². The summed E-state index contributed by atoms with van der Waals surface area (Å²) in [5, 5.41) is 8.68. The van der Waals surface area contributed by atoms with Gasteiger partial charge in [-0.25, -0.2) is 0 Å². The number of carboxylic acid groups (broad SMARTS) is 1. The summed E-state index contributed by atoms with van der Waals surface area (Å²) in [4.78, 5) is 10.5. The van der Waals surface area contributed by atoms with Crippen molar-refractivity contribution in [1.29, 1.82) is 0 Å². The summed E-state index contributed by atoms with van der Waals surface area (Å²) in [6.45, 7) is 0. The van der Waals surface area contributed by atoms with Crippen LogP contribution in [0.3, 0.4) is 0 Å². The minimum absolute atomic E-state index is 0.267. The average molecular weight is 375 g/mol. The smallest absolute Gasteiger partial charge is 0.303 e. The van der Waals surface area contributed by atoms with Gasteiger partial charge in [0.25, 0.3) is 0 Å². The Labute approximate surface area is 161 Å². The Bertz CT molecular complexity index is 586. The Morgan fingerprint density at radius 1 is 1.15 bits per heavy atom. The highest BCUT2D eigenvalue weighted by atomic mass is 32.2. The molecule has 3 rings (SSSR count). The average Bonchev–Trinajstić information content (AvgIpc) is 3.24. The number of aliphatic carboxylic acids is 1. The van der Waals surface area contributed by atoms with E-state index in [0.717, 1.165) is 25.0 Å². The van der Waals surface area contributed by atoms with E-state index in [1.54, 1.807) is 0 Å². The number of benzene rings is 1. The number of unbranched alkanes of at least 4 members (excludes halogenated alkanes) is 1. The van der Waals surface area contributed by atoms with Gasteiger partial charge in [0.2, 0.25) is 0 Å². The van der Waals surface area contributed by atoms with Gasteiger partial charge in [-0.15, -0.1) is 0 Å². The topological polar surface area (TPSA) is 46.5 Å². The normalized spacial score (nSPS) is 27.4. The van der Waals surface area contributed by atoms with Gasteiger partial charge in [-0.1, -0.05) is 42.5 Å². The lowest BCUT2D eigenvalue weighted by molar-refractivity contribution is -0.137. The van der Waals surface area contributed by atoms with Crippen LogP contribution in [0.5, 0.6) is 0 Å². The van der Waals surface area contributed by atoms with Crippen LogP contribution in [0, 0.1) is 11.8 Å². The van der Waals surface area contributed by atoms with Crippen molar-refractivity contribution in [2.24, 2.45) is 11.8 Å². The molecule has 2 heterocycles. The molecule has 0 aromatic heterocycles. The third-order valence-corrected chi connectivity index (χ3v) is 6.70. The minimum Gasteiger partial charge on any atom is -0.481 e. The lowest BCUT2D eigenvalue weighted by Crippen LogP contribution is -2.27. The molecule has 0 spiro atoms. The van der Waals surface area contributed by atoms with E-state index in [9.17, 15) is 4.79 Å². The zero-order valence-corrected chi connectivity index (χ0v) is 16.2. The van der Waals surface area contributed by atoms with Gasteiger partial charge in [0.05, 0.1) is 12.2 Å². The Kier molecular flexibility index (Phi) is 7.63. The van der Waals surface area contributed by atoms with Crippen LogP contribution < -0.4 is 0 Å². The van der Waals surface area contributed by atoms with Gasteiger partial charge in [-0.05, 0) is 61.7 Å². The molecule has 142 valence electrons. The Balaban J connectivity index is 1.39. The van der Waals surface area contributed by atoms with E-state index < -0.39 is 5.97 Å². The van der Waals surface area contributed by atoms with E-state index in [4.69, 9.17) is 9.84 Å². The molecule has 4 atom stereocenters. The van der Waals surface area contributed by atoms with Crippen LogP contribution in [-0.2, 0) is 15.3 Å². The van der Waals surface area contributed by atoms with Crippen LogP contribution >= 0.6 is 11.8 Å². The van der Waals surface area contributed by atoms with Gasteiger partial charge in [-0.2, -0.15) is 11.8 Å². The number of allylic oxidation sites excluding steroid dienone is 2. The molecule has 1 aromatic rings. The van der Waals surface area contributed by atoms with Gasteiger partial charge in [0.1, 0.15) is 0 Å². The molecular weight excluding hydrogens is 344 g/mol. The molecule has 0 aliphatic carbocycles. The molecule has 3 nitrogen and oxygen atoms in total. The molecule has 1 N–H and O–H groups in total. The summed E-state index contributed by atoms with van der Waals surface area (Å²) >= 11 is 2.03. The van der Waals surface area contributed by atoms with Crippen molar-refractivity contribution in [1.82, 2.24) is 0 Å². The van der Waals surface area contributed by atoms with E-state index in [1.807, 2.05) is 11.8 Å². The molecule has 2 saturated heterocycles. The lowest BCUT2D eigenvalue weighted by atomic mass is 9.76. The molecule has 0 amide bonds. The molecule has 26 heavy (non-hydrogen) atoms. The number of carboxylic acids is 1.